The van der Waals surface area contributed by atoms with Crippen molar-refractivity contribution in [1.29, 1.82) is 0 Å². The third-order valence-electron chi connectivity index (χ3n) is 4.87. The second-order valence-electron chi connectivity index (χ2n) is 7.11. The number of nitrogens with one attached hydrogen (secondary N) is 2. The molecule has 2 N–H and O–H groups in total. The van der Waals surface area contributed by atoms with Gasteiger partial charge in [-0.1, -0.05) is 48.5 Å². The third-order valence-corrected chi connectivity index (χ3v) is 4.87. The molecule has 31 heavy (non-hydrogen) atoms. The summed E-state index contributed by atoms with van der Waals surface area (Å²) in [6.45, 7) is 1.81. The van der Waals surface area contributed by atoms with E-state index in [1.54, 1.807) is 36.4 Å². The number of carbonyl (C=O) groups is 2. The fourth-order valence-corrected chi connectivity index (χ4v) is 3.40. The highest BCUT2D eigenvalue weighted by atomic mass is 16.5. The van der Waals surface area contributed by atoms with Gasteiger partial charge in [-0.25, -0.2) is 0 Å². The van der Waals surface area contributed by atoms with Gasteiger partial charge in [0.2, 0.25) is 0 Å². The molecule has 0 spiro atoms. The molecule has 1 atom stereocenters. The summed E-state index contributed by atoms with van der Waals surface area (Å²) in [6.07, 6.45) is 1.44. The molecule has 1 aromatic heterocycles. The van der Waals surface area contributed by atoms with Crippen molar-refractivity contribution in [3.8, 4) is 5.75 Å². The first-order valence-corrected chi connectivity index (χ1v) is 9.95. The van der Waals surface area contributed by atoms with E-state index in [1.807, 2.05) is 49.4 Å². The number of carbonyl (C=O) groups excluding carboxylic acids is 2. The Bertz CT molecular complexity index is 1200. The van der Waals surface area contributed by atoms with Crippen LogP contribution in [0.5, 0.6) is 5.75 Å². The fraction of sp³-hybridized carbons (Fsp3) is 0.120. The van der Waals surface area contributed by atoms with E-state index in [0.29, 0.717) is 11.4 Å². The van der Waals surface area contributed by atoms with Gasteiger partial charge in [0.1, 0.15) is 5.75 Å². The number of rotatable bonds is 7. The van der Waals surface area contributed by atoms with Gasteiger partial charge in [0.15, 0.2) is 12.4 Å². The van der Waals surface area contributed by atoms with Gasteiger partial charge in [-0.05, 0) is 47.5 Å². The Labute approximate surface area is 179 Å². The standard InChI is InChI=1S/C25H22N2O4/c1-17(21-12-4-8-18-7-2-3-11-22(18)21)26-24(28)16-31-20-10-5-9-19(15-20)27-25(29)23-13-6-14-30-23/h2-15,17H,16H2,1H3,(H,26,28)(H,27,29). The quantitative estimate of drug-likeness (QED) is 0.449. The molecule has 0 fully saturated rings. The average Bonchev–Trinajstić information content (AvgIpc) is 3.33. The molecule has 0 saturated heterocycles. The van der Waals surface area contributed by atoms with Gasteiger partial charge in [-0.15, -0.1) is 0 Å². The van der Waals surface area contributed by atoms with E-state index in [-0.39, 0.29) is 30.2 Å². The van der Waals surface area contributed by atoms with Crippen molar-refractivity contribution in [3.63, 3.8) is 0 Å². The topological polar surface area (TPSA) is 80.6 Å². The minimum atomic E-state index is -0.358. The van der Waals surface area contributed by atoms with E-state index in [4.69, 9.17) is 9.15 Å². The zero-order chi connectivity index (χ0) is 21.6. The lowest BCUT2D eigenvalue weighted by molar-refractivity contribution is -0.123. The maximum absolute atomic E-state index is 12.4. The number of hydrogen-bond donors (Lipinski definition) is 2. The highest BCUT2D eigenvalue weighted by Gasteiger charge is 2.13. The first-order chi connectivity index (χ1) is 15.1. The molecule has 156 valence electrons. The van der Waals surface area contributed by atoms with Crippen LogP contribution in [0.4, 0.5) is 5.69 Å². The number of anilines is 1. The van der Waals surface area contributed by atoms with Gasteiger partial charge in [-0.2, -0.15) is 0 Å². The Morgan fingerprint density at radius 3 is 2.61 bits per heavy atom. The van der Waals surface area contributed by atoms with Gasteiger partial charge >= 0.3 is 0 Å². The summed E-state index contributed by atoms with van der Waals surface area (Å²) in [4.78, 5) is 24.5. The minimum Gasteiger partial charge on any atom is -0.484 e. The van der Waals surface area contributed by atoms with Crippen molar-refractivity contribution in [2.24, 2.45) is 0 Å². The van der Waals surface area contributed by atoms with Crippen molar-refractivity contribution < 1.29 is 18.7 Å². The largest absolute Gasteiger partial charge is 0.484 e. The van der Waals surface area contributed by atoms with Crippen LogP contribution in [0.3, 0.4) is 0 Å². The Hall–Kier alpha value is -4.06. The Kier molecular flexibility index (Phi) is 5.98. The maximum atomic E-state index is 12.4. The number of fused-ring (bicyclic) bond motifs is 1. The minimum absolute atomic E-state index is 0.134. The predicted molar refractivity (Wildman–Crippen MR) is 119 cm³/mol. The highest BCUT2D eigenvalue weighted by molar-refractivity contribution is 6.02. The van der Waals surface area contributed by atoms with Gasteiger partial charge in [-0.3, -0.25) is 9.59 Å². The van der Waals surface area contributed by atoms with Crippen LogP contribution in [0.15, 0.2) is 89.5 Å². The number of amides is 2. The molecular formula is C25H22N2O4. The van der Waals surface area contributed by atoms with Crippen LogP contribution in [0.2, 0.25) is 0 Å². The SMILES string of the molecule is CC(NC(=O)COc1cccc(NC(=O)c2ccco2)c1)c1cccc2ccccc12. The lowest BCUT2D eigenvalue weighted by Crippen LogP contribution is -2.31. The molecule has 1 unspecified atom stereocenters. The second kappa shape index (κ2) is 9.17. The lowest BCUT2D eigenvalue weighted by atomic mass is 10.00. The Balaban J connectivity index is 1.35. The Morgan fingerprint density at radius 2 is 1.77 bits per heavy atom. The maximum Gasteiger partial charge on any atom is 0.291 e. The van der Waals surface area contributed by atoms with Crippen LogP contribution in [0.1, 0.15) is 29.1 Å². The van der Waals surface area contributed by atoms with Gasteiger partial charge in [0, 0.05) is 11.8 Å². The normalized spacial score (nSPS) is 11.6. The molecule has 0 aliphatic rings. The molecule has 3 aromatic carbocycles. The lowest BCUT2D eigenvalue weighted by Gasteiger charge is -2.17. The van der Waals surface area contributed by atoms with E-state index in [0.717, 1.165) is 16.3 Å². The molecule has 0 saturated carbocycles. The van der Waals surface area contributed by atoms with E-state index < -0.39 is 0 Å². The molecule has 0 bridgehead atoms. The highest BCUT2D eigenvalue weighted by Crippen LogP contribution is 2.24. The van der Waals surface area contributed by atoms with Crippen LogP contribution in [-0.2, 0) is 4.79 Å². The van der Waals surface area contributed by atoms with E-state index in [1.165, 1.54) is 6.26 Å². The molecule has 0 aliphatic carbocycles. The predicted octanol–water partition coefficient (Wildman–Crippen LogP) is 4.94. The van der Waals surface area contributed by atoms with Crippen molar-refractivity contribution in [1.82, 2.24) is 5.32 Å². The molecular weight excluding hydrogens is 392 g/mol. The zero-order valence-corrected chi connectivity index (χ0v) is 17.0. The number of benzene rings is 3. The third kappa shape index (κ3) is 4.93. The van der Waals surface area contributed by atoms with Crippen LogP contribution in [0, 0.1) is 0 Å². The van der Waals surface area contributed by atoms with E-state index in [2.05, 4.69) is 10.6 Å². The summed E-state index contributed by atoms with van der Waals surface area (Å²) in [5, 5.41) is 7.95. The zero-order valence-electron chi connectivity index (χ0n) is 17.0. The summed E-state index contributed by atoms with van der Waals surface area (Å²) in [5.74, 6) is 0.104. The summed E-state index contributed by atoms with van der Waals surface area (Å²) >= 11 is 0. The molecule has 1 heterocycles. The molecule has 6 nitrogen and oxygen atoms in total. The van der Waals surface area contributed by atoms with Crippen molar-refractivity contribution in [2.45, 2.75) is 13.0 Å². The number of hydrogen-bond acceptors (Lipinski definition) is 4. The van der Waals surface area contributed by atoms with Crippen molar-refractivity contribution in [3.05, 3.63) is 96.4 Å². The molecule has 4 rings (SSSR count). The van der Waals surface area contributed by atoms with Gasteiger partial charge < -0.3 is 19.8 Å². The second-order valence-corrected chi connectivity index (χ2v) is 7.11. The number of furan rings is 1. The smallest absolute Gasteiger partial charge is 0.291 e. The Morgan fingerprint density at radius 1 is 0.968 bits per heavy atom. The summed E-state index contributed by atoms with van der Waals surface area (Å²) in [6, 6.07) is 24.0. The molecule has 0 aliphatic heterocycles. The summed E-state index contributed by atoms with van der Waals surface area (Å²) < 4.78 is 10.7. The van der Waals surface area contributed by atoms with Gasteiger partial charge in [0.05, 0.1) is 12.3 Å². The fourth-order valence-electron chi connectivity index (χ4n) is 3.40. The molecule has 2 amide bonds. The van der Waals surface area contributed by atoms with Crippen molar-refractivity contribution in [2.75, 3.05) is 11.9 Å². The van der Waals surface area contributed by atoms with Crippen LogP contribution >= 0.6 is 0 Å². The first-order valence-electron chi connectivity index (χ1n) is 9.95. The van der Waals surface area contributed by atoms with Gasteiger partial charge in [0.25, 0.3) is 11.8 Å². The van der Waals surface area contributed by atoms with Crippen LogP contribution in [-0.4, -0.2) is 18.4 Å². The molecule has 0 radical (unpaired) electrons. The van der Waals surface area contributed by atoms with Crippen LogP contribution in [0.25, 0.3) is 10.8 Å². The number of ether oxygens (including phenoxy) is 1. The van der Waals surface area contributed by atoms with Crippen LogP contribution < -0.4 is 15.4 Å². The molecule has 6 heteroatoms. The summed E-state index contributed by atoms with van der Waals surface area (Å²) in [5.41, 5.74) is 1.59. The average molecular weight is 414 g/mol. The molecule has 4 aromatic rings. The first kappa shape index (κ1) is 20.2. The van der Waals surface area contributed by atoms with E-state index in [9.17, 15) is 9.59 Å². The monoisotopic (exact) mass is 414 g/mol. The van der Waals surface area contributed by atoms with E-state index >= 15 is 0 Å². The van der Waals surface area contributed by atoms with Crippen molar-refractivity contribution >= 4 is 28.3 Å². The summed E-state index contributed by atoms with van der Waals surface area (Å²) in [7, 11) is 0.